The number of fused-ring (bicyclic) bond motifs is 1. The maximum absolute atomic E-state index is 13.2. The number of carbonyl (C=O) groups excluding carboxylic acids is 1. The number of rotatable bonds is 3. The summed E-state index contributed by atoms with van der Waals surface area (Å²) >= 11 is 0. The Hall–Kier alpha value is -2.07. The van der Waals surface area contributed by atoms with Gasteiger partial charge < -0.3 is 14.5 Å². The van der Waals surface area contributed by atoms with E-state index in [0.29, 0.717) is 6.04 Å². The van der Waals surface area contributed by atoms with E-state index in [1.165, 1.54) is 32.4 Å². The summed E-state index contributed by atoms with van der Waals surface area (Å²) in [4.78, 5) is 17.9. The van der Waals surface area contributed by atoms with Crippen LogP contribution in [0.2, 0.25) is 0 Å². The first-order chi connectivity index (χ1) is 12.8. The Morgan fingerprint density at radius 3 is 2.31 bits per heavy atom. The van der Waals surface area contributed by atoms with E-state index in [2.05, 4.69) is 4.90 Å². The topological polar surface area (TPSA) is 32.8 Å². The van der Waals surface area contributed by atoms with Crippen molar-refractivity contribution in [1.82, 2.24) is 9.80 Å². The fraction of sp³-hybridized carbons (Fsp3) is 0.500. The van der Waals surface area contributed by atoms with E-state index in [1.54, 1.807) is 7.11 Å². The fourth-order valence-electron chi connectivity index (χ4n) is 4.52. The van der Waals surface area contributed by atoms with Gasteiger partial charge in [0.2, 0.25) is 0 Å². The molecule has 0 unspecified atom stereocenters. The van der Waals surface area contributed by atoms with Crippen LogP contribution in [0.1, 0.15) is 42.5 Å². The van der Waals surface area contributed by atoms with Crippen LogP contribution in [0.4, 0.5) is 0 Å². The van der Waals surface area contributed by atoms with Crippen LogP contribution < -0.4 is 4.74 Å². The second-order valence-electron chi connectivity index (χ2n) is 7.48. The van der Waals surface area contributed by atoms with E-state index in [-0.39, 0.29) is 5.91 Å². The lowest BCUT2D eigenvalue weighted by Crippen LogP contribution is -2.48. The van der Waals surface area contributed by atoms with Crippen LogP contribution in [0.15, 0.2) is 36.4 Å². The molecule has 2 heterocycles. The third-order valence-electron chi connectivity index (χ3n) is 5.99. The average Bonchev–Trinajstić information content (AvgIpc) is 2.73. The first-order valence-electron chi connectivity index (χ1n) is 9.87. The molecule has 0 radical (unpaired) electrons. The lowest BCUT2D eigenvalue weighted by molar-refractivity contribution is 0.0591. The monoisotopic (exact) mass is 352 g/mol. The number of piperidine rings is 2. The summed E-state index contributed by atoms with van der Waals surface area (Å²) in [6.07, 6.45) is 6.23. The number of amides is 1. The van der Waals surface area contributed by atoms with Gasteiger partial charge in [0.25, 0.3) is 5.91 Å². The van der Waals surface area contributed by atoms with Gasteiger partial charge in [0.05, 0.1) is 7.11 Å². The molecule has 0 spiro atoms. The van der Waals surface area contributed by atoms with Crippen molar-refractivity contribution in [3.63, 3.8) is 0 Å². The van der Waals surface area contributed by atoms with Gasteiger partial charge in [0.1, 0.15) is 5.75 Å². The molecule has 0 atom stereocenters. The molecular weight excluding hydrogens is 324 g/mol. The van der Waals surface area contributed by atoms with E-state index >= 15 is 0 Å². The predicted molar refractivity (Wildman–Crippen MR) is 105 cm³/mol. The first kappa shape index (κ1) is 17.3. The minimum absolute atomic E-state index is 0.154. The van der Waals surface area contributed by atoms with Crippen molar-refractivity contribution >= 4 is 16.7 Å². The van der Waals surface area contributed by atoms with Crippen LogP contribution in [-0.2, 0) is 0 Å². The Morgan fingerprint density at radius 1 is 0.923 bits per heavy atom. The highest BCUT2D eigenvalue weighted by Gasteiger charge is 2.28. The normalized spacial score (nSPS) is 19.7. The highest BCUT2D eigenvalue weighted by molar-refractivity contribution is 6.08. The van der Waals surface area contributed by atoms with E-state index in [1.807, 2.05) is 41.3 Å². The smallest absolute Gasteiger partial charge is 0.254 e. The molecule has 2 fully saturated rings. The standard InChI is InChI=1S/C22H28N2O2/c1-26-21-10-9-20(18-7-3-4-8-19(18)21)22(25)24-15-11-17(12-16-24)23-13-5-2-6-14-23/h3-4,7-10,17H,2,5-6,11-16H2,1H3. The quantitative estimate of drug-likeness (QED) is 0.839. The molecule has 2 aliphatic heterocycles. The zero-order valence-electron chi connectivity index (χ0n) is 15.6. The van der Waals surface area contributed by atoms with Crippen molar-refractivity contribution in [1.29, 1.82) is 0 Å². The van der Waals surface area contributed by atoms with Gasteiger partial charge in [-0.05, 0) is 56.3 Å². The zero-order chi connectivity index (χ0) is 17.9. The molecule has 0 bridgehead atoms. The van der Waals surface area contributed by atoms with Crippen LogP contribution in [-0.4, -0.2) is 55.0 Å². The van der Waals surface area contributed by atoms with Crippen molar-refractivity contribution in [3.05, 3.63) is 42.0 Å². The van der Waals surface area contributed by atoms with Gasteiger partial charge in [-0.3, -0.25) is 4.79 Å². The van der Waals surface area contributed by atoms with Gasteiger partial charge in [-0.25, -0.2) is 0 Å². The summed E-state index contributed by atoms with van der Waals surface area (Å²) in [7, 11) is 1.68. The van der Waals surface area contributed by atoms with Crippen LogP contribution in [0.25, 0.3) is 10.8 Å². The molecule has 2 aromatic carbocycles. The van der Waals surface area contributed by atoms with Crippen molar-refractivity contribution in [2.75, 3.05) is 33.3 Å². The van der Waals surface area contributed by atoms with Crippen LogP contribution >= 0.6 is 0 Å². The molecule has 1 amide bonds. The Bertz CT molecular complexity index is 775. The van der Waals surface area contributed by atoms with Gasteiger partial charge in [-0.1, -0.05) is 30.7 Å². The van der Waals surface area contributed by atoms with Gasteiger partial charge in [0, 0.05) is 30.1 Å². The maximum Gasteiger partial charge on any atom is 0.254 e. The molecule has 4 rings (SSSR count). The molecule has 2 aliphatic rings. The van der Waals surface area contributed by atoms with Gasteiger partial charge >= 0.3 is 0 Å². The summed E-state index contributed by atoms with van der Waals surface area (Å²) in [6.45, 7) is 4.20. The van der Waals surface area contributed by atoms with Crippen molar-refractivity contribution < 1.29 is 9.53 Å². The molecule has 0 aromatic heterocycles. The van der Waals surface area contributed by atoms with Crippen LogP contribution in [0, 0.1) is 0 Å². The molecule has 2 saturated heterocycles. The van der Waals surface area contributed by atoms with Crippen LogP contribution in [0.3, 0.4) is 0 Å². The minimum atomic E-state index is 0.154. The number of hydrogen-bond donors (Lipinski definition) is 0. The van der Waals surface area contributed by atoms with Crippen LogP contribution in [0.5, 0.6) is 5.75 Å². The molecule has 0 N–H and O–H groups in total. The number of likely N-dealkylation sites (tertiary alicyclic amines) is 2. The average molecular weight is 352 g/mol. The van der Waals surface area contributed by atoms with Gasteiger partial charge in [0.15, 0.2) is 0 Å². The summed E-state index contributed by atoms with van der Waals surface area (Å²) in [6, 6.07) is 12.5. The Morgan fingerprint density at radius 2 is 1.62 bits per heavy atom. The van der Waals surface area contributed by atoms with E-state index in [0.717, 1.165) is 48.0 Å². The second kappa shape index (κ2) is 7.67. The van der Waals surface area contributed by atoms with Crippen molar-refractivity contribution in [2.45, 2.75) is 38.1 Å². The highest BCUT2D eigenvalue weighted by atomic mass is 16.5. The lowest BCUT2D eigenvalue weighted by Gasteiger charge is -2.40. The third kappa shape index (κ3) is 3.30. The SMILES string of the molecule is COc1ccc(C(=O)N2CCC(N3CCCCC3)CC2)c2ccccc12. The van der Waals surface area contributed by atoms with E-state index in [4.69, 9.17) is 4.74 Å². The van der Waals surface area contributed by atoms with Gasteiger partial charge in [-0.15, -0.1) is 0 Å². The Kier molecular flexibility index (Phi) is 5.11. The van der Waals surface area contributed by atoms with Crippen molar-refractivity contribution in [2.24, 2.45) is 0 Å². The summed E-state index contributed by atoms with van der Waals surface area (Å²) < 4.78 is 5.46. The molecule has 138 valence electrons. The van der Waals surface area contributed by atoms with Crippen molar-refractivity contribution in [3.8, 4) is 5.75 Å². The number of nitrogens with zero attached hydrogens (tertiary/aromatic N) is 2. The maximum atomic E-state index is 13.2. The van der Waals surface area contributed by atoms with E-state index in [9.17, 15) is 4.79 Å². The lowest BCUT2D eigenvalue weighted by atomic mass is 9.98. The fourth-order valence-corrected chi connectivity index (χ4v) is 4.52. The van der Waals surface area contributed by atoms with E-state index < -0.39 is 0 Å². The number of hydrogen-bond acceptors (Lipinski definition) is 3. The third-order valence-corrected chi connectivity index (χ3v) is 5.99. The molecule has 2 aromatic rings. The molecule has 26 heavy (non-hydrogen) atoms. The summed E-state index contributed by atoms with van der Waals surface area (Å²) in [5.41, 5.74) is 0.790. The minimum Gasteiger partial charge on any atom is -0.496 e. The Balaban J connectivity index is 1.50. The number of ether oxygens (including phenoxy) is 1. The largest absolute Gasteiger partial charge is 0.496 e. The van der Waals surface area contributed by atoms with Gasteiger partial charge in [-0.2, -0.15) is 0 Å². The summed E-state index contributed by atoms with van der Waals surface area (Å²) in [5, 5.41) is 1.99. The Labute approximate surface area is 155 Å². The molecular formula is C22H28N2O2. The molecule has 4 nitrogen and oxygen atoms in total. The first-order valence-corrected chi connectivity index (χ1v) is 9.87. The number of benzene rings is 2. The summed E-state index contributed by atoms with van der Waals surface area (Å²) in [5.74, 6) is 0.974. The molecule has 4 heteroatoms. The molecule has 0 aliphatic carbocycles. The molecule has 0 saturated carbocycles. The predicted octanol–water partition coefficient (Wildman–Crippen LogP) is 3.94. The highest BCUT2D eigenvalue weighted by Crippen LogP contribution is 2.30. The zero-order valence-corrected chi connectivity index (χ0v) is 15.6. The number of carbonyl (C=O) groups is 1. The second-order valence-corrected chi connectivity index (χ2v) is 7.48. The number of methoxy groups -OCH3 is 1.